The quantitative estimate of drug-likeness (QED) is 0.632. The molecule has 0 amide bonds. The first-order valence-corrected chi connectivity index (χ1v) is 8.30. The first-order chi connectivity index (χ1) is 12.1. The zero-order chi connectivity index (χ0) is 17.6. The van der Waals surface area contributed by atoms with Crippen LogP contribution >= 0.6 is 11.6 Å². The third-order valence-electron chi connectivity index (χ3n) is 3.51. The van der Waals surface area contributed by atoms with E-state index in [0.29, 0.717) is 16.7 Å². The van der Waals surface area contributed by atoms with Crippen LogP contribution in [0.2, 0.25) is 5.02 Å². The third kappa shape index (κ3) is 4.72. The molecule has 1 unspecified atom stereocenters. The van der Waals surface area contributed by atoms with Crippen LogP contribution in [0.3, 0.4) is 0 Å². The molecule has 3 rings (SSSR count). The topological polar surface area (TPSA) is 51.6 Å². The Morgan fingerprint density at radius 3 is 2.60 bits per heavy atom. The molecule has 1 heterocycles. The lowest BCUT2D eigenvalue weighted by atomic mass is 10.2. The van der Waals surface area contributed by atoms with E-state index in [2.05, 4.69) is 4.98 Å². The van der Waals surface area contributed by atoms with Gasteiger partial charge in [0.05, 0.1) is 12.1 Å². The number of halogens is 1. The van der Waals surface area contributed by atoms with Crippen LogP contribution in [0.5, 0.6) is 17.4 Å². The summed E-state index contributed by atoms with van der Waals surface area (Å²) in [6.45, 7) is 1.91. The maximum absolute atomic E-state index is 8.77. The largest absolute Gasteiger partial charge is 0.487 e. The number of aliphatic hydroxyl groups excluding tert-OH is 1. The lowest BCUT2D eigenvalue weighted by Crippen LogP contribution is -2.08. The summed E-state index contributed by atoms with van der Waals surface area (Å²) < 4.78 is 11.5. The predicted molar refractivity (Wildman–Crippen MR) is 99.6 cm³/mol. The molecule has 0 spiro atoms. The standard InChI is InChI=1S/C20H18ClNO3/c1-14(3-2-12-23)24-17-6-8-18(9-7-17)25-20-11-4-15-13-16(21)5-10-19(15)22-20/h2-11,13-14,23H,12H2,1H3/b3-2+. The number of aromatic nitrogens is 1. The maximum atomic E-state index is 8.77. The predicted octanol–water partition coefficient (Wildman–Crippen LogP) is 5.00. The Morgan fingerprint density at radius 1 is 1.08 bits per heavy atom. The van der Waals surface area contributed by atoms with Gasteiger partial charge >= 0.3 is 0 Å². The number of rotatable bonds is 6. The molecule has 0 saturated carbocycles. The summed E-state index contributed by atoms with van der Waals surface area (Å²) in [6.07, 6.45) is 3.34. The van der Waals surface area contributed by atoms with Gasteiger partial charge in [-0.05, 0) is 61.5 Å². The van der Waals surface area contributed by atoms with Gasteiger partial charge in [0.2, 0.25) is 5.88 Å². The molecule has 4 nitrogen and oxygen atoms in total. The Hall–Kier alpha value is -2.56. The van der Waals surface area contributed by atoms with Crippen molar-refractivity contribution in [2.75, 3.05) is 6.61 Å². The lowest BCUT2D eigenvalue weighted by molar-refractivity contribution is 0.267. The summed E-state index contributed by atoms with van der Waals surface area (Å²) in [5.74, 6) is 1.91. The van der Waals surface area contributed by atoms with Crippen molar-refractivity contribution in [3.63, 3.8) is 0 Å². The fraction of sp³-hybridized carbons (Fsp3) is 0.150. The summed E-state index contributed by atoms with van der Waals surface area (Å²) in [5, 5.41) is 10.4. The Kier molecular flexibility index (Phi) is 5.53. The van der Waals surface area contributed by atoms with E-state index in [9.17, 15) is 0 Å². The van der Waals surface area contributed by atoms with E-state index in [1.807, 2.05) is 55.5 Å². The van der Waals surface area contributed by atoms with Crippen molar-refractivity contribution in [2.24, 2.45) is 0 Å². The molecule has 2 aromatic carbocycles. The van der Waals surface area contributed by atoms with Gasteiger partial charge in [0.15, 0.2) is 0 Å². The van der Waals surface area contributed by atoms with Gasteiger partial charge in [-0.1, -0.05) is 17.7 Å². The summed E-state index contributed by atoms with van der Waals surface area (Å²) >= 11 is 5.98. The molecule has 0 aliphatic heterocycles. The van der Waals surface area contributed by atoms with Crippen LogP contribution in [0.4, 0.5) is 0 Å². The smallest absolute Gasteiger partial charge is 0.219 e. The minimum Gasteiger partial charge on any atom is -0.487 e. The highest BCUT2D eigenvalue weighted by atomic mass is 35.5. The minimum absolute atomic E-state index is 0.00540. The zero-order valence-electron chi connectivity index (χ0n) is 13.7. The molecule has 0 aliphatic carbocycles. The SMILES string of the molecule is CC(/C=C/CO)Oc1ccc(Oc2ccc3cc(Cl)ccc3n2)cc1. The van der Waals surface area contributed by atoms with Crippen molar-refractivity contribution in [3.05, 3.63) is 71.8 Å². The lowest BCUT2D eigenvalue weighted by Gasteiger charge is -2.11. The molecule has 25 heavy (non-hydrogen) atoms. The van der Waals surface area contributed by atoms with Crippen molar-refractivity contribution in [2.45, 2.75) is 13.0 Å². The Balaban J connectivity index is 1.69. The Bertz CT molecular complexity index is 878. The monoisotopic (exact) mass is 355 g/mol. The summed E-state index contributed by atoms with van der Waals surface area (Å²) in [4.78, 5) is 4.47. The summed E-state index contributed by atoms with van der Waals surface area (Å²) in [7, 11) is 0. The van der Waals surface area contributed by atoms with E-state index < -0.39 is 0 Å². The normalized spacial score (nSPS) is 12.4. The first kappa shape index (κ1) is 17.3. The fourth-order valence-electron chi connectivity index (χ4n) is 2.35. The average Bonchev–Trinajstić information content (AvgIpc) is 2.62. The number of hydrogen-bond donors (Lipinski definition) is 1. The molecular weight excluding hydrogens is 338 g/mol. The van der Waals surface area contributed by atoms with Crippen molar-refractivity contribution in [3.8, 4) is 17.4 Å². The molecule has 0 fully saturated rings. The first-order valence-electron chi connectivity index (χ1n) is 7.92. The molecule has 0 aliphatic rings. The number of pyridine rings is 1. The second-order valence-electron chi connectivity index (χ2n) is 5.49. The van der Waals surface area contributed by atoms with Gasteiger partial charge in [-0.25, -0.2) is 4.98 Å². The van der Waals surface area contributed by atoms with Gasteiger partial charge < -0.3 is 14.6 Å². The molecule has 1 aromatic heterocycles. The van der Waals surface area contributed by atoms with Crippen LogP contribution in [-0.2, 0) is 0 Å². The highest BCUT2D eigenvalue weighted by molar-refractivity contribution is 6.31. The van der Waals surface area contributed by atoms with Crippen molar-refractivity contribution in [1.29, 1.82) is 0 Å². The maximum Gasteiger partial charge on any atom is 0.219 e. The van der Waals surface area contributed by atoms with Crippen LogP contribution < -0.4 is 9.47 Å². The Morgan fingerprint density at radius 2 is 1.84 bits per heavy atom. The van der Waals surface area contributed by atoms with Gasteiger partial charge in [-0.3, -0.25) is 0 Å². The minimum atomic E-state index is -0.118. The highest BCUT2D eigenvalue weighted by Crippen LogP contribution is 2.26. The van der Waals surface area contributed by atoms with E-state index >= 15 is 0 Å². The molecule has 1 N–H and O–H groups in total. The van der Waals surface area contributed by atoms with E-state index in [1.165, 1.54) is 0 Å². The van der Waals surface area contributed by atoms with Gasteiger partial charge in [-0.15, -0.1) is 0 Å². The number of aliphatic hydroxyl groups is 1. The second-order valence-corrected chi connectivity index (χ2v) is 5.93. The fourth-order valence-corrected chi connectivity index (χ4v) is 2.53. The molecular formula is C20H18ClNO3. The third-order valence-corrected chi connectivity index (χ3v) is 3.74. The summed E-state index contributed by atoms with van der Waals surface area (Å²) in [5.41, 5.74) is 0.825. The van der Waals surface area contributed by atoms with Gasteiger partial charge in [0.1, 0.15) is 17.6 Å². The van der Waals surface area contributed by atoms with Crippen LogP contribution in [-0.4, -0.2) is 22.8 Å². The molecule has 128 valence electrons. The molecule has 0 saturated heterocycles. The highest BCUT2D eigenvalue weighted by Gasteiger charge is 2.04. The molecule has 1 atom stereocenters. The van der Waals surface area contributed by atoms with Crippen molar-refractivity contribution >= 4 is 22.5 Å². The number of hydrogen-bond acceptors (Lipinski definition) is 4. The van der Waals surface area contributed by atoms with Crippen LogP contribution in [0.25, 0.3) is 10.9 Å². The van der Waals surface area contributed by atoms with Crippen LogP contribution in [0.15, 0.2) is 66.7 Å². The van der Waals surface area contributed by atoms with Gasteiger partial charge in [0, 0.05) is 16.5 Å². The zero-order valence-corrected chi connectivity index (χ0v) is 14.5. The summed E-state index contributed by atoms with van der Waals surface area (Å²) in [6, 6.07) is 16.6. The number of fused-ring (bicyclic) bond motifs is 1. The Labute approximate surface area is 151 Å². The van der Waals surface area contributed by atoms with Gasteiger partial charge in [0.25, 0.3) is 0 Å². The van der Waals surface area contributed by atoms with Crippen LogP contribution in [0.1, 0.15) is 6.92 Å². The van der Waals surface area contributed by atoms with E-state index in [4.69, 9.17) is 26.2 Å². The molecule has 0 bridgehead atoms. The molecule has 5 heteroatoms. The average molecular weight is 356 g/mol. The van der Waals surface area contributed by atoms with E-state index in [0.717, 1.165) is 16.7 Å². The number of ether oxygens (including phenoxy) is 2. The second kappa shape index (κ2) is 8.01. The number of benzene rings is 2. The van der Waals surface area contributed by atoms with E-state index in [1.54, 1.807) is 18.2 Å². The van der Waals surface area contributed by atoms with Crippen LogP contribution in [0, 0.1) is 0 Å². The van der Waals surface area contributed by atoms with Gasteiger partial charge in [-0.2, -0.15) is 0 Å². The number of nitrogens with zero attached hydrogens (tertiary/aromatic N) is 1. The van der Waals surface area contributed by atoms with E-state index in [-0.39, 0.29) is 12.7 Å². The van der Waals surface area contributed by atoms with Crippen molar-refractivity contribution in [1.82, 2.24) is 4.98 Å². The molecule has 0 radical (unpaired) electrons. The molecule has 3 aromatic rings. The van der Waals surface area contributed by atoms with Crippen molar-refractivity contribution < 1.29 is 14.6 Å².